The topological polar surface area (TPSA) is 70.9 Å². The van der Waals surface area contributed by atoms with E-state index in [1.165, 1.54) is 0 Å². The summed E-state index contributed by atoms with van der Waals surface area (Å²) in [6.45, 7) is 0. The first-order valence-electron chi connectivity index (χ1n) is 4.92. The molecule has 2 rings (SSSR count). The molecule has 0 bridgehead atoms. The molecular formula is C9H12ClN7. The third-order valence-corrected chi connectivity index (χ3v) is 2.40. The second kappa shape index (κ2) is 4.25. The van der Waals surface area contributed by atoms with Gasteiger partial charge in [-0.15, -0.1) is 10.2 Å². The molecule has 17 heavy (non-hydrogen) atoms. The van der Waals surface area contributed by atoms with Crippen molar-refractivity contribution >= 4 is 34.4 Å². The predicted octanol–water partition coefficient (Wildman–Crippen LogP) is 0.600. The molecule has 0 N–H and O–H groups in total. The number of anilines is 2. The summed E-state index contributed by atoms with van der Waals surface area (Å²) in [6.07, 6.45) is 0. The molecule has 2 aromatic rings. The fourth-order valence-corrected chi connectivity index (χ4v) is 1.50. The van der Waals surface area contributed by atoms with Crippen LogP contribution in [0.25, 0.3) is 11.0 Å². The van der Waals surface area contributed by atoms with Crippen LogP contribution >= 0.6 is 11.6 Å². The van der Waals surface area contributed by atoms with Crippen LogP contribution in [0.15, 0.2) is 0 Å². The van der Waals surface area contributed by atoms with Crippen LogP contribution < -0.4 is 9.80 Å². The molecular weight excluding hydrogens is 242 g/mol. The maximum atomic E-state index is 5.97. The Kier molecular flexibility index (Phi) is 2.93. The Labute approximate surface area is 103 Å². The van der Waals surface area contributed by atoms with Gasteiger partial charge in [0.1, 0.15) is 5.52 Å². The number of fused-ring (bicyclic) bond motifs is 1. The van der Waals surface area contributed by atoms with Gasteiger partial charge in [0.15, 0.2) is 16.5 Å². The van der Waals surface area contributed by atoms with E-state index in [0.29, 0.717) is 22.8 Å². The number of hydrogen-bond acceptors (Lipinski definition) is 7. The van der Waals surface area contributed by atoms with Gasteiger partial charge in [-0.2, -0.15) is 4.98 Å². The number of hydrogen-bond donors (Lipinski definition) is 0. The van der Waals surface area contributed by atoms with Crippen molar-refractivity contribution in [2.45, 2.75) is 0 Å². The molecule has 0 aromatic carbocycles. The lowest BCUT2D eigenvalue weighted by Gasteiger charge is -2.17. The highest BCUT2D eigenvalue weighted by molar-refractivity contribution is 6.33. The molecule has 0 saturated carbocycles. The highest BCUT2D eigenvalue weighted by atomic mass is 35.5. The quantitative estimate of drug-likeness (QED) is 0.776. The molecule has 0 aliphatic rings. The van der Waals surface area contributed by atoms with Gasteiger partial charge < -0.3 is 9.80 Å². The molecule has 0 unspecified atom stereocenters. The molecule has 0 fully saturated rings. The van der Waals surface area contributed by atoms with E-state index in [2.05, 4.69) is 25.4 Å². The average Bonchev–Trinajstić information content (AvgIpc) is 2.28. The number of nitrogens with zero attached hydrogens (tertiary/aromatic N) is 7. The van der Waals surface area contributed by atoms with E-state index >= 15 is 0 Å². The molecule has 0 spiro atoms. The lowest BCUT2D eigenvalue weighted by atomic mass is 10.4. The SMILES string of the molecule is CN(C)c1nc(N(C)C)c2nnnc(Cl)c2n1. The average molecular weight is 254 g/mol. The van der Waals surface area contributed by atoms with Gasteiger partial charge in [-0.25, -0.2) is 4.98 Å². The molecule has 2 aromatic heterocycles. The summed E-state index contributed by atoms with van der Waals surface area (Å²) in [6, 6.07) is 0. The number of rotatable bonds is 2. The lowest BCUT2D eigenvalue weighted by Crippen LogP contribution is -2.18. The van der Waals surface area contributed by atoms with Crippen LogP contribution in [0.3, 0.4) is 0 Å². The molecule has 0 atom stereocenters. The molecule has 90 valence electrons. The first kappa shape index (κ1) is 11.7. The van der Waals surface area contributed by atoms with E-state index in [0.717, 1.165) is 0 Å². The Morgan fingerprint density at radius 3 is 2.18 bits per heavy atom. The van der Waals surface area contributed by atoms with Crippen LogP contribution in [0.5, 0.6) is 0 Å². The van der Waals surface area contributed by atoms with Crippen LogP contribution in [-0.4, -0.2) is 53.6 Å². The molecule has 8 heteroatoms. The minimum atomic E-state index is 0.226. The van der Waals surface area contributed by atoms with Crippen molar-refractivity contribution in [1.82, 2.24) is 25.4 Å². The third-order valence-electron chi connectivity index (χ3n) is 2.15. The minimum absolute atomic E-state index is 0.226. The summed E-state index contributed by atoms with van der Waals surface area (Å²) >= 11 is 5.97. The highest BCUT2D eigenvalue weighted by Gasteiger charge is 2.15. The van der Waals surface area contributed by atoms with Crippen molar-refractivity contribution in [3.05, 3.63) is 5.15 Å². The second-order valence-corrected chi connectivity index (χ2v) is 4.27. The second-order valence-electron chi connectivity index (χ2n) is 3.91. The molecule has 0 amide bonds. The van der Waals surface area contributed by atoms with Crippen molar-refractivity contribution in [3.63, 3.8) is 0 Å². The van der Waals surface area contributed by atoms with Crippen molar-refractivity contribution in [2.75, 3.05) is 38.0 Å². The van der Waals surface area contributed by atoms with Gasteiger partial charge in [0.05, 0.1) is 0 Å². The molecule has 7 nitrogen and oxygen atoms in total. The van der Waals surface area contributed by atoms with Gasteiger partial charge in [-0.3, -0.25) is 0 Å². The Morgan fingerprint density at radius 1 is 0.882 bits per heavy atom. The first-order chi connectivity index (χ1) is 8.00. The third kappa shape index (κ3) is 2.05. The van der Waals surface area contributed by atoms with Crippen LogP contribution in [0.2, 0.25) is 5.15 Å². The van der Waals surface area contributed by atoms with Gasteiger partial charge in [0.25, 0.3) is 0 Å². The number of halogens is 1. The fraction of sp³-hybridized carbons (Fsp3) is 0.444. The number of aromatic nitrogens is 5. The molecule has 0 aliphatic carbocycles. The van der Waals surface area contributed by atoms with Gasteiger partial charge >= 0.3 is 0 Å². The molecule has 0 radical (unpaired) electrons. The Morgan fingerprint density at radius 2 is 1.59 bits per heavy atom. The highest BCUT2D eigenvalue weighted by Crippen LogP contribution is 2.25. The maximum Gasteiger partial charge on any atom is 0.227 e. The summed E-state index contributed by atoms with van der Waals surface area (Å²) in [5.74, 6) is 1.22. The predicted molar refractivity (Wildman–Crippen MR) is 66.6 cm³/mol. The summed E-state index contributed by atoms with van der Waals surface area (Å²) < 4.78 is 0. The van der Waals surface area contributed by atoms with E-state index in [-0.39, 0.29) is 5.15 Å². The van der Waals surface area contributed by atoms with Crippen molar-refractivity contribution in [3.8, 4) is 0 Å². The Hall–Kier alpha value is -1.76. The van der Waals surface area contributed by atoms with Gasteiger partial charge in [0.2, 0.25) is 5.95 Å². The van der Waals surface area contributed by atoms with E-state index < -0.39 is 0 Å². The normalized spacial score (nSPS) is 10.6. The van der Waals surface area contributed by atoms with Crippen molar-refractivity contribution in [2.24, 2.45) is 0 Å². The van der Waals surface area contributed by atoms with Crippen LogP contribution in [0, 0.1) is 0 Å². The lowest BCUT2D eigenvalue weighted by molar-refractivity contribution is 0.879. The van der Waals surface area contributed by atoms with Gasteiger partial charge in [-0.05, 0) is 5.21 Å². The Balaban J connectivity index is 2.81. The van der Waals surface area contributed by atoms with E-state index in [9.17, 15) is 0 Å². The zero-order valence-corrected chi connectivity index (χ0v) is 10.8. The summed E-state index contributed by atoms with van der Waals surface area (Å²) in [5, 5.41) is 11.4. The fourth-order valence-electron chi connectivity index (χ4n) is 1.33. The molecule has 0 saturated heterocycles. The van der Waals surface area contributed by atoms with Crippen molar-refractivity contribution in [1.29, 1.82) is 0 Å². The molecule has 0 aliphatic heterocycles. The van der Waals surface area contributed by atoms with Crippen molar-refractivity contribution < 1.29 is 0 Å². The minimum Gasteiger partial charge on any atom is -0.361 e. The summed E-state index contributed by atoms with van der Waals surface area (Å²) in [5.41, 5.74) is 1.05. The zero-order valence-electron chi connectivity index (χ0n) is 10.0. The maximum absolute atomic E-state index is 5.97. The molecule has 2 heterocycles. The summed E-state index contributed by atoms with van der Waals surface area (Å²) in [4.78, 5) is 12.3. The largest absolute Gasteiger partial charge is 0.361 e. The van der Waals surface area contributed by atoms with Crippen LogP contribution in [0.4, 0.5) is 11.8 Å². The van der Waals surface area contributed by atoms with E-state index in [4.69, 9.17) is 11.6 Å². The Bertz CT molecular complexity index is 554. The van der Waals surface area contributed by atoms with E-state index in [1.807, 2.05) is 33.1 Å². The van der Waals surface area contributed by atoms with E-state index in [1.54, 1.807) is 4.90 Å². The standard InChI is InChI=1S/C9H12ClN7/c1-16(2)8-6-5(7(10)14-15-13-6)11-9(12-8)17(3)4/h1-4H3. The monoisotopic (exact) mass is 253 g/mol. The van der Waals surface area contributed by atoms with Crippen LogP contribution in [-0.2, 0) is 0 Å². The zero-order chi connectivity index (χ0) is 12.6. The first-order valence-corrected chi connectivity index (χ1v) is 5.29. The van der Waals surface area contributed by atoms with Gasteiger partial charge in [0, 0.05) is 28.2 Å². The van der Waals surface area contributed by atoms with Gasteiger partial charge in [-0.1, -0.05) is 11.6 Å². The smallest absolute Gasteiger partial charge is 0.227 e. The summed E-state index contributed by atoms with van der Waals surface area (Å²) in [7, 11) is 7.46. The van der Waals surface area contributed by atoms with Crippen LogP contribution in [0.1, 0.15) is 0 Å².